The van der Waals surface area contributed by atoms with Crippen LogP contribution in [-0.2, 0) is 4.79 Å². The van der Waals surface area contributed by atoms with Gasteiger partial charge in [-0.3, -0.25) is 19.3 Å². The van der Waals surface area contributed by atoms with E-state index in [4.69, 9.17) is 20.9 Å². The maximum Gasteiger partial charge on any atom is 0.273 e. The lowest BCUT2D eigenvalue weighted by molar-refractivity contribution is -0.123. The van der Waals surface area contributed by atoms with Gasteiger partial charge in [-0.05, 0) is 61.1 Å². The zero-order valence-corrected chi connectivity index (χ0v) is 23.0. The zero-order chi connectivity index (χ0) is 28.1. The molecule has 1 aliphatic carbocycles. The van der Waals surface area contributed by atoms with E-state index in [1.165, 1.54) is 19.1 Å². The summed E-state index contributed by atoms with van der Waals surface area (Å²) in [6, 6.07) is 11.2. The molecule has 0 spiro atoms. The van der Waals surface area contributed by atoms with Crippen molar-refractivity contribution in [2.75, 3.05) is 24.9 Å². The highest BCUT2D eigenvalue weighted by Gasteiger charge is 2.37. The number of hydrogen-bond acceptors (Lipinski definition) is 8. The smallest absolute Gasteiger partial charge is 0.273 e. The van der Waals surface area contributed by atoms with Crippen molar-refractivity contribution in [1.82, 2.24) is 9.69 Å². The van der Waals surface area contributed by atoms with Crippen molar-refractivity contribution in [1.29, 1.82) is 0 Å². The van der Waals surface area contributed by atoms with E-state index >= 15 is 0 Å². The van der Waals surface area contributed by atoms with Crippen molar-refractivity contribution in [3.8, 4) is 11.5 Å². The van der Waals surface area contributed by atoms with Gasteiger partial charge in [0.25, 0.3) is 11.8 Å². The van der Waals surface area contributed by atoms with Crippen LogP contribution in [0.2, 0.25) is 0 Å². The average Bonchev–Trinajstić information content (AvgIpc) is 3.33. The maximum atomic E-state index is 14.2. The standard InChI is InChI=1S/C28H33N5O5S/c1-16-9-12-19(13-10-16)33(28(36)25-22(29)23(26(30)34)32-39-25)24(27(35)31-18-7-5-4-6-8-18)17-11-14-20(37-2)21(15-17)38-3/h9-15,18,24H,4-8,29H2,1-3H3,(H2,30,34)(H,31,35). The molecule has 206 valence electrons. The van der Waals surface area contributed by atoms with Crippen molar-refractivity contribution >= 4 is 40.6 Å². The number of carbonyl (C=O) groups is 3. The molecule has 1 heterocycles. The number of hydrogen-bond donors (Lipinski definition) is 3. The molecule has 4 rings (SSSR count). The van der Waals surface area contributed by atoms with Gasteiger partial charge in [-0.25, -0.2) is 0 Å². The molecule has 0 bridgehead atoms. The molecule has 1 unspecified atom stereocenters. The van der Waals surface area contributed by atoms with Gasteiger partial charge >= 0.3 is 0 Å². The lowest BCUT2D eigenvalue weighted by Gasteiger charge is -2.33. The topological polar surface area (TPSA) is 150 Å². The number of benzene rings is 2. The number of ether oxygens (including phenoxy) is 2. The Morgan fingerprint density at radius 1 is 1.03 bits per heavy atom. The number of nitrogen functional groups attached to an aromatic ring is 1. The number of anilines is 2. The fourth-order valence-corrected chi connectivity index (χ4v) is 5.54. The molecule has 0 saturated heterocycles. The van der Waals surface area contributed by atoms with Crippen molar-refractivity contribution in [3.05, 3.63) is 64.2 Å². The molecule has 3 aromatic rings. The Labute approximate surface area is 231 Å². The number of primary amides is 1. The Balaban J connectivity index is 1.88. The molecule has 1 saturated carbocycles. The van der Waals surface area contributed by atoms with E-state index in [0.29, 0.717) is 22.7 Å². The predicted octanol–water partition coefficient (Wildman–Crippen LogP) is 3.99. The lowest BCUT2D eigenvalue weighted by Crippen LogP contribution is -2.47. The molecule has 1 atom stereocenters. The molecule has 39 heavy (non-hydrogen) atoms. The number of aryl methyl sites for hydroxylation is 1. The molecule has 5 N–H and O–H groups in total. The first-order chi connectivity index (χ1) is 18.7. The van der Waals surface area contributed by atoms with Gasteiger partial charge in [0.15, 0.2) is 17.2 Å². The minimum absolute atomic E-state index is 0.00111. The molecule has 1 aromatic heterocycles. The summed E-state index contributed by atoms with van der Waals surface area (Å²) in [5.74, 6) is -0.869. The summed E-state index contributed by atoms with van der Waals surface area (Å²) in [5, 5.41) is 3.17. The van der Waals surface area contributed by atoms with Crippen LogP contribution in [0.3, 0.4) is 0 Å². The molecule has 0 radical (unpaired) electrons. The predicted molar refractivity (Wildman–Crippen MR) is 150 cm³/mol. The number of nitrogens with zero attached hydrogens (tertiary/aromatic N) is 2. The van der Waals surface area contributed by atoms with E-state index in [1.807, 2.05) is 19.1 Å². The SMILES string of the molecule is COc1ccc(C(C(=O)NC2CCCCC2)N(C(=O)c2snc(C(N)=O)c2N)c2ccc(C)cc2)cc1OC. The van der Waals surface area contributed by atoms with E-state index in [9.17, 15) is 14.4 Å². The second-order valence-electron chi connectivity index (χ2n) is 9.51. The van der Waals surface area contributed by atoms with E-state index in [-0.39, 0.29) is 28.2 Å². The monoisotopic (exact) mass is 551 g/mol. The summed E-state index contributed by atoms with van der Waals surface area (Å²) in [6.45, 7) is 1.93. The molecular formula is C28H33N5O5S. The quantitative estimate of drug-likeness (QED) is 0.364. The Bertz CT molecular complexity index is 1350. The van der Waals surface area contributed by atoms with Gasteiger partial charge < -0.3 is 26.3 Å². The van der Waals surface area contributed by atoms with Crippen molar-refractivity contribution < 1.29 is 23.9 Å². The molecule has 2 aromatic carbocycles. The number of amides is 3. The molecule has 1 aliphatic rings. The van der Waals surface area contributed by atoms with Crippen LogP contribution in [0.1, 0.15) is 69.4 Å². The first-order valence-corrected chi connectivity index (χ1v) is 13.5. The van der Waals surface area contributed by atoms with Crippen LogP contribution in [0.15, 0.2) is 42.5 Å². The van der Waals surface area contributed by atoms with Crippen molar-refractivity contribution in [2.45, 2.75) is 51.1 Å². The zero-order valence-electron chi connectivity index (χ0n) is 22.2. The van der Waals surface area contributed by atoms with Crippen LogP contribution in [0.25, 0.3) is 0 Å². The number of aromatic nitrogens is 1. The van der Waals surface area contributed by atoms with Crippen LogP contribution in [0.4, 0.5) is 11.4 Å². The molecule has 11 heteroatoms. The molecular weight excluding hydrogens is 518 g/mol. The summed E-state index contributed by atoms with van der Waals surface area (Å²) >= 11 is 0.769. The second kappa shape index (κ2) is 12.2. The molecule has 3 amide bonds. The highest BCUT2D eigenvalue weighted by molar-refractivity contribution is 7.09. The Morgan fingerprint density at radius 2 is 1.69 bits per heavy atom. The molecule has 1 fully saturated rings. The summed E-state index contributed by atoms with van der Waals surface area (Å²) in [4.78, 5) is 41.5. The largest absolute Gasteiger partial charge is 0.493 e. The van der Waals surface area contributed by atoms with Gasteiger partial charge in [-0.2, -0.15) is 4.37 Å². The van der Waals surface area contributed by atoms with Crippen LogP contribution < -0.4 is 31.2 Å². The van der Waals surface area contributed by atoms with Gasteiger partial charge in [0, 0.05) is 11.7 Å². The second-order valence-corrected chi connectivity index (χ2v) is 10.3. The normalized spacial score (nSPS) is 14.3. The maximum absolute atomic E-state index is 14.2. The van der Waals surface area contributed by atoms with E-state index in [0.717, 1.165) is 49.2 Å². The third-order valence-corrected chi connectivity index (χ3v) is 7.72. The van der Waals surface area contributed by atoms with Crippen LogP contribution in [-0.4, -0.2) is 42.4 Å². The highest BCUT2D eigenvalue weighted by Crippen LogP contribution is 2.37. The van der Waals surface area contributed by atoms with Crippen molar-refractivity contribution in [2.24, 2.45) is 5.73 Å². The van der Waals surface area contributed by atoms with Crippen LogP contribution >= 0.6 is 11.5 Å². The average molecular weight is 552 g/mol. The summed E-state index contributed by atoms with van der Waals surface area (Å²) in [7, 11) is 3.03. The van der Waals surface area contributed by atoms with E-state index < -0.39 is 17.9 Å². The minimum atomic E-state index is -1.10. The van der Waals surface area contributed by atoms with Gasteiger partial charge in [0.05, 0.1) is 19.9 Å². The Kier molecular flexibility index (Phi) is 8.70. The fraction of sp³-hybridized carbons (Fsp3) is 0.357. The van der Waals surface area contributed by atoms with Gasteiger partial charge in [0.2, 0.25) is 5.91 Å². The Morgan fingerprint density at radius 3 is 2.28 bits per heavy atom. The number of nitrogens with two attached hydrogens (primary N) is 2. The van der Waals surface area contributed by atoms with Gasteiger partial charge in [-0.1, -0.05) is 43.0 Å². The lowest BCUT2D eigenvalue weighted by atomic mass is 9.94. The number of carbonyl (C=O) groups excluding carboxylic acids is 3. The van der Waals surface area contributed by atoms with Crippen molar-refractivity contribution in [3.63, 3.8) is 0 Å². The number of nitrogens with one attached hydrogen (secondary N) is 1. The highest BCUT2D eigenvalue weighted by atomic mass is 32.1. The number of rotatable bonds is 9. The third kappa shape index (κ3) is 5.98. The first-order valence-electron chi connectivity index (χ1n) is 12.7. The minimum Gasteiger partial charge on any atom is -0.493 e. The Hall–Kier alpha value is -4.12. The third-order valence-electron chi connectivity index (χ3n) is 6.87. The number of methoxy groups -OCH3 is 2. The van der Waals surface area contributed by atoms with Crippen LogP contribution in [0.5, 0.6) is 11.5 Å². The summed E-state index contributed by atoms with van der Waals surface area (Å²) < 4.78 is 14.9. The van der Waals surface area contributed by atoms with Crippen LogP contribution in [0, 0.1) is 6.92 Å². The first kappa shape index (κ1) is 27.9. The summed E-state index contributed by atoms with van der Waals surface area (Å²) in [5.41, 5.74) is 13.2. The molecule has 10 nitrogen and oxygen atoms in total. The van der Waals surface area contributed by atoms with E-state index in [2.05, 4.69) is 9.69 Å². The van der Waals surface area contributed by atoms with Gasteiger partial charge in [0.1, 0.15) is 10.9 Å². The van der Waals surface area contributed by atoms with E-state index in [1.54, 1.807) is 30.3 Å². The summed E-state index contributed by atoms with van der Waals surface area (Å²) in [6.07, 6.45) is 4.92. The fourth-order valence-electron chi connectivity index (χ4n) is 4.80. The van der Waals surface area contributed by atoms with Gasteiger partial charge in [-0.15, -0.1) is 0 Å². The molecule has 0 aliphatic heterocycles.